The Morgan fingerprint density at radius 3 is 2.71 bits per heavy atom. The quantitative estimate of drug-likeness (QED) is 0.241. The van der Waals surface area contributed by atoms with Crippen LogP contribution in [0.15, 0.2) is 36.8 Å². The molecule has 2 aliphatic rings. The number of methoxy groups -OCH3 is 1. The zero-order chi connectivity index (χ0) is 29.2. The van der Waals surface area contributed by atoms with Crippen molar-refractivity contribution in [1.82, 2.24) is 34.6 Å². The summed E-state index contributed by atoms with van der Waals surface area (Å²) in [6, 6.07) is 5.53. The zero-order valence-corrected chi connectivity index (χ0v) is 23.8. The zero-order valence-electron chi connectivity index (χ0n) is 23.8. The molecule has 1 aliphatic heterocycles. The molecule has 0 aromatic carbocycles. The average Bonchev–Trinajstić information content (AvgIpc) is 3.49. The molecular weight excluding hydrogens is 539 g/mol. The largest absolute Gasteiger partial charge is 0.493 e. The third kappa shape index (κ3) is 5.37. The summed E-state index contributed by atoms with van der Waals surface area (Å²) >= 11 is 0. The molecule has 0 spiro atoms. The highest BCUT2D eigenvalue weighted by Crippen LogP contribution is 2.37. The number of aliphatic hydroxyl groups excluding tert-OH is 1. The number of nitriles is 1. The van der Waals surface area contributed by atoms with E-state index in [1.807, 2.05) is 12.3 Å². The van der Waals surface area contributed by atoms with Crippen LogP contribution in [0.2, 0.25) is 0 Å². The molecular formula is C30H35FN8O3. The summed E-state index contributed by atoms with van der Waals surface area (Å²) in [5.41, 5.74) is 5.02. The van der Waals surface area contributed by atoms with E-state index in [-0.39, 0.29) is 6.61 Å². The first-order valence-electron chi connectivity index (χ1n) is 14.4. The lowest BCUT2D eigenvalue weighted by molar-refractivity contribution is 0.114. The molecule has 1 unspecified atom stereocenters. The maximum Gasteiger partial charge on any atom is 0.176 e. The smallest absolute Gasteiger partial charge is 0.176 e. The summed E-state index contributed by atoms with van der Waals surface area (Å²) < 4.78 is 29.1. The van der Waals surface area contributed by atoms with Crippen LogP contribution in [0.4, 0.5) is 4.39 Å². The summed E-state index contributed by atoms with van der Waals surface area (Å²) in [5, 5.41) is 31.5. The van der Waals surface area contributed by atoms with Crippen LogP contribution >= 0.6 is 0 Å². The molecule has 4 aromatic rings. The van der Waals surface area contributed by atoms with Gasteiger partial charge in [0.1, 0.15) is 5.82 Å². The number of aliphatic hydroxyl groups is 1. The van der Waals surface area contributed by atoms with Crippen LogP contribution in [0, 0.1) is 24.2 Å². The Morgan fingerprint density at radius 1 is 1.17 bits per heavy atom. The van der Waals surface area contributed by atoms with E-state index in [0.29, 0.717) is 34.8 Å². The van der Waals surface area contributed by atoms with Gasteiger partial charge in [0.15, 0.2) is 29.3 Å². The van der Waals surface area contributed by atoms with E-state index in [4.69, 9.17) is 19.8 Å². The van der Waals surface area contributed by atoms with Crippen LogP contribution in [-0.2, 0) is 13.0 Å². The Bertz CT molecular complexity index is 1590. The Balaban J connectivity index is 1.27. The van der Waals surface area contributed by atoms with Gasteiger partial charge in [0, 0.05) is 49.0 Å². The van der Waals surface area contributed by atoms with Crippen LogP contribution in [0.25, 0.3) is 16.8 Å². The summed E-state index contributed by atoms with van der Waals surface area (Å²) in [5.74, 6) is 0.508. The van der Waals surface area contributed by atoms with Gasteiger partial charge < -0.3 is 19.9 Å². The fourth-order valence-electron chi connectivity index (χ4n) is 6.34. The molecule has 1 aliphatic carbocycles. The van der Waals surface area contributed by atoms with Crippen molar-refractivity contribution >= 4 is 5.52 Å². The molecule has 2 N–H and O–H groups in total. The highest BCUT2D eigenvalue weighted by atomic mass is 19.1. The van der Waals surface area contributed by atoms with Gasteiger partial charge in [-0.05, 0) is 56.4 Å². The minimum absolute atomic E-state index is 0.305. The van der Waals surface area contributed by atoms with Crippen LogP contribution in [0.1, 0.15) is 48.7 Å². The molecule has 42 heavy (non-hydrogen) atoms. The van der Waals surface area contributed by atoms with E-state index in [1.165, 1.54) is 17.8 Å². The second-order valence-corrected chi connectivity index (χ2v) is 11.0. The van der Waals surface area contributed by atoms with Gasteiger partial charge in [-0.1, -0.05) is 0 Å². The van der Waals surface area contributed by atoms with Crippen LogP contribution < -0.4 is 14.8 Å². The topological polar surface area (TPSA) is 126 Å². The number of nitrogens with zero attached hydrogens (tertiary/aromatic N) is 7. The number of rotatable bonds is 8. The Morgan fingerprint density at radius 2 is 2.00 bits per heavy atom. The molecule has 1 saturated carbocycles. The second kappa shape index (κ2) is 12.0. The second-order valence-electron chi connectivity index (χ2n) is 11.0. The highest BCUT2D eigenvalue weighted by Gasteiger charge is 2.29. The fraction of sp³-hybridized carbons (Fsp3) is 0.467. The van der Waals surface area contributed by atoms with Crippen LogP contribution in [-0.4, -0.2) is 73.3 Å². The maximum atomic E-state index is 13.5. The van der Waals surface area contributed by atoms with Crippen LogP contribution in [0.5, 0.6) is 11.5 Å². The van der Waals surface area contributed by atoms with Crippen molar-refractivity contribution in [1.29, 1.82) is 5.26 Å². The molecule has 4 aromatic heterocycles. The van der Waals surface area contributed by atoms with E-state index >= 15 is 0 Å². The predicted octanol–water partition coefficient (Wildman–Crippen LogP) is 3.40. The van der Waals surface area contributed by atoms with E-state index in [9.17, 15) is 9.50 Å². The lowest BCUT2D eigenvalue weighted by Gasteiger charge is -2.35. The van der Waals surface area contributed by atoms with Gasteiger partial charge >= 0.3 is 0 Å². The number of ether oxygens (including phenoxy) is 2. The number of nitrogens with one attached hydrogen (secondary N) is 1. The molecule has 5 heterocycles. The van der Waals surface area contributed by atoms with Gasteiger partial charge in [-0.15, -0.1) is 0 Å². The van der Waals surface area contributed by atoms with Crippen molar-refractivity contribution in [2.45, 2.75) is 63.8 Å². The average molecular weight is 575 g/mol. The number of aromatic nitrogens is 5. The normalized spacial score (nSPS) is 20.0. The predicted molar refractivity (Wildman–Crippen MR) is 152 cm³/mol. The van der Waals surface area contributed by atoms with Gasteiger partial charge in [0.2, 0.25) is 0 Å². The van der Waals surface area contributed by atoms with Gasteiger partial charge in [0.05, 0.1) is 44.0 Å². The third-order valence-electron chi connectivity index (χ3n) is 8.59. The standard InChI is InChI=1S/C30H35FN8O3/c1-19-25-9-10-37(23-6-4-22(5-7-23)34-18-32)11-12-38(25)36-29(19)20-13-26(30-27(41-2)15-35-39(30)16-20)42-28(17-40)24-8-3-21(31)14-33-24/h3,8,13-16,22-23,28,34,40H,4-7,9-12,17H2,1-2H3. The van der Waals surface area contributed by atoms with Crippen LogP contribution in [0.3, 0.4) is 0 Å². The van der Waals surface area contributed by atoms with Crippen molar-refractivity contribution in [3.8, 4) is 28.9 Å². The molecule has 0 radical (unpaired) electrons. The number of hydrogen-bond donors (Lipinski definition) is 2. The highest BCUT2D eigenvalue weighted by molar-refractivity contribution is 5.75. The van der Waals surface area contributed by atoms with E-state index in [2.05, 4.69) is 38.1 Å². The number of hydrogen-bond acceptors (Lipinski definition) is 9. The summed E-state index contributed by atoms with van der Waals surface area (Å²) in [7, 11) is 1.56. The Hall–Kier alpha value is -4.21. The van der Waals surface area contributed by atoms with Crippen molar-refractivity contribution in [3.63, 3.8) is 0 Å². The maximum absolute atomic E-state index is 13.5. The lowest BCUT2D eigenvalue weighted by Crippen LogP contribution is -2.42. The Kier molecular flexibility index (Phi) is 7.95. The minimum atomic E-state index is -0.819. The molecule has 0 saturated heterocycles. The van der Waals surface area contributed by atoms with E-state index in [1.54, 1.807) is 17.8 Å². The minimum Gasteiger partial charge on any atom is -0.493 e. The van der Waals surface area contributed by atoms with Crippen molar-refractivity contribution in [2.75, 3.05) is 26.8 Å². The van der Waals surface area contributed by atoms with E-state index < -0.39 is 11.9 Å². The van der Waals surface area contributed by atoms with E-state index in [0.717, 1.165) is 74.8 Å². The molecule has 6 rings (SSSR count). The molecule has 0 bridgehead atoms. The first-order valence-corrected chi connectivity index (χ1v) is 14.4. The van der Waals surface area contributed by atoms with Gasteiger partial charge in [-0.3, -0.25) is 14.6 Å². The molecule has 1 fully saturated rings. The number of pyridine rings is 2. The summed E-state index contributed by atoms with van der Waals surface area (Å²) in [6.07, 6.45) is 11.1. The van der Waals surface area contributed by atoms with Gasteiger partial charge in [-0.2, -0.15) is 15.5 Å². The molecule has 0 amide bonds. The van der Waals surface area contributed by atoms with Gasteiger partial charge in [-0.25, -0.2) is 8.91 Å². The van der Waals surface area contributed by atoms with Crippen molar-refractivity contribution in [3.05, 3.63) is 59.6 Å². The molecule has 11 nitrogen and oxygen atoms in total. The summed E-state index contributed by atoms with van der Waals surface area (Å²) in [6.45, 7) is 4.46. The first-order chi connectivity index (χ1) is 20.5. The molecule has 12 heteroatoms. The Labute approximate surface area is 243 Å². The SMILES string of the molecule is COc1cnn2cc(-c3nn4c(c3C)CCN(C3CCC(NC#N)CC3)CC4)cc(OC(CO)c3ccc(F)cn3)c12. The number of fused-ring (bicyclic) bond motifs is 2. The van der Waals surface area contributed by atoms with Crippen molar-refractivity contribution < 1.29 is 19.0 Å². The monoisotopic (exact) mass is 574 g/mol. The summed E-state index contributed by atoms with van der Waals surface area (Å²) in [4.78, 5) is 6.69. The molecule has 1 atom stereocenters. The molecule has 220 valence electrons. The van der Waals surface area contributed by atoms with Crippen molar-refractivity contribution in [2.24, 2.45) is 0 Å². The fourth-order valence-corrected chi connectivity index (χ4v) is 6.34. The lowest BCUT2D eigenvalue weighted by atomic mass is 9.90. The van der Waals surface area contributed by atoms with Gasteiger partial charge in [0.25, 0.3) is 0 Å². The number of halogens is 1. The third-order valence-corrected chi connectivity index (χ3v) is 8.59. The first kappa shape index (κ1) is 27.9.